The summed E-state index contributed by atoms with van der Waals surface area (Å²) in [7, 11) is 0. The van der Waals surface area contributed by atoms with Crippen LogP contribution in [0, 0.1) is 0 Å². The Kier molecular flexibility index (Phi) is 7.89. The van der Waals surface area contributed by atoms with Crippen molar-refractivity contribution in [3.05, 3.63) is 101 Å². The van der Waals surface area contributed by atoms with Gasteiger partial charge in [-0.2, -0.15) is 5.21 Å². The second kappa shape index (κ2) is 11.8. The van der Waals surface area contributed by atoms with Gasteiger partial charge in [-0.05, 0) is 47.2 Å². The molecule has 0 aliphatic carbocycles. The molecule has 5 rings (SSSR count). The summed E-state index contributed by atoms with van der Waals surface area (Å²) in [5.74, 6) is 0.311. The lowest BCUT2D eigenvalue weighted by Gasteiger charge is -2.23. The van der Waals surface area contributed by atoms with E-state index in [1.807, 2.05) is 43.3 Å². The number of benzene rings is 3. The fourth-order valence-corrected chi connectivity index (χ4v) is 4.96. The molecule has 194 valence electrons. The number of tetrazole rings is 1. The third kappa shape index (κ3) is 5.50. The Bertz CT molecular complexity index is 1380. The number of aromatic nitrogens is 4. The molecule has 0 saturated heterocycles. The molecule has 0 fully saturated rings. The second-order valence-electron chi connectivity index (χ2n) is 9.26. The van der Waals surface area contributed by atoms with Crippen LogP contribution in [0.4, 0.5) is 0 Å². The summed E-state index contributed by atoms with van der Waals surface area (Å²) in [4.78, 5) is 13.2. The fraction of sp³-hybridized carbons (Fsp3) is 0.267. The summed E-state index contributed by atoms with van der Waals surface area (Å²) >= 11 is 0. The number of allylic oxidation sites excluding steroid dienone is 1. The lowest BCUT2D eigenvalue weighted by molar-refractivity contribution is -0.138. The van der Waals surface area contributed by atoms with Crippen LogP contribution in [0.1, 0.15) is 31.4 Å². The number of hydrogen-bond acceptors (Lipinski definition) is 7. The van der Waals surface area contributed by atoms with E-state index in [-0.39, 0.29) is 12.0 Å². The zero-order chi connectivity index (χ0) is 26.3. The number of ether oxygens (including phenoxy) is 1. The molecule has 0 spiro atoms. The maximum atomic E-state index is 13.2. The van der Waals surface area contributed by atoms with Crippen molar-refractivity contribution in [1.29, 1.82) is 0 Å². The summed E-state index contributed by atoms with van der Waals surface area (Å²) in [5, 5.41) is 16.7. The Morgan fingerprint density at radius 1 is 0.921 bits per heavy atom. The third-order valence-corrected chi connectivity index (χ3v) is 6.67. The standard InChI is InChI=1S/C30H32N6O2/c1-3-18-36-27(28(30(37)38-4-2)26(33-36)19-21-10-6-5-7-11-21)20-22-14-16-23(17-15-22)24-12-8-9-13-25(24)29-31-34-35-32-29/h5-17,26,33H,3-4,18-20H2,1-2H3,(H,31,32,34,35). The predicted molar refractivity (Wildman–Crippen MR) is 146 cm³/mol. The van der Waals surface area contributed by atoms with E-state index < -0.39 is 0 Å². The maximum Gasteiger partial charge on any atom is 0.337 e. The van der Waals surface area contributed by atoms with Gasteiger partial charge in [0.25, 0.3) is 0 Å². The Labute approximate surface area is 222 Å². The fourth-order valence-electron chi connectivity index (χ4n) is 4.96. The molecule has 2 N–H and O–H groups in total. The van der Waals surface area contributed by atoms with Crippen molar-refractivity contribution in [1.82, 2.24) is 31.1 Å². The molecule has 0 radical (unpaired) electrons. The first-order chi connectivity index (χ1) is 18.7. The molecule has 8 nitrogen and oxygen atoms in total. The van der Waals surface area contributed by atoms with Crippen molar-refractivity contribution in [2.75, 3.05) is 13.2 Å². The third-order valence-electron chi connectivity index (χ3n) is 6.67. The number of aromatic amines is 1. The van der Waals surface area contributed by atoms with Crippen molar-refractivity contribution < 1.29 is 9.53 Å². The second-order valence-corrected chi connectivity index (χ2v) is 9.26. The Morgan fingerprint density at radius 3 is 2.34 bits per heavy atom. The average Bonchev–Trinajstić information content (AvgIpc) is 3.59. The first kappa shape index (κ1) is 25.4. The first-order valence-electron chi connectivity index (χ1n) is 13.1. The van der Waals surface area contributed by atoms with E-state index in [9.17, 15) is 4.79 Å². The van der Waals surface area contributed by atoms with E-state index in [2.05, 4.69) is 80.4 Å². The van der Waals surface area contributed by atoms with Gasteiger partial charge in [0, 0.05) is 24.2 Å². The van der Waals surface area contributed by atoms with Gasteiger partial charge in [-0.3, -0.25) is 0 Å². The molecule has 1 aliphatic heterocycles. The van der Waals surface area contributed by atoms with Crippen molar-refractivity contribution in [3.8, 4) is 22.5 Å². The van der Waals surface area contributed by atoms with Crippen LogP contribution in [0.25, 0.3) is 22.5 Å². The van der Waals surface area contributed by atoms with Crippen LogP contribution in [0.3, 0.4) is 0 Å². The Morgan fingerprint density at radius 2 is 1.66 bits per heavy atom. The van der Waals surface area contributed by atoms with E-state index >= 15 is 0 Å². The average molecular weight is 509 g/mol. The molecule has 2 heterocycles. The van der Waals surface area contributed by atoms with Crippen LogP contribution in [-0.4, -0.2) is 50.8 Å². The van der Waals surface area contributed by atoms with Crippen LogP contribution >= 0.6 is 0 Å². The maximum absolute atomic E-state index is 13.2. The van der Waals surface area contributed by atoms with Crippen molar-refractivity contribution >= 4 is 5.97 Å². The van der Waals surface area contributed by atoms with Crippen LogP contribution in [0.5, 0.6) is 0 Å². The molecule has 4 aromatic rings. The molecular weight excluding hydrogens is 476 g/mol. The number of nitrogens with one attached hydrogen (secondary N) is 2. The quantitative estimate of drug-likeness (QED) is 0.299. The Hall–Kier alpha value is -4.30. The Balaban J connectivity index is 1.45. The predicted octanol–water partition coefficient (Wildman–Crippen LogP) is 4.73. The van der Waals surface area contributed by atoms with Crippen LogP contribution in [-0.2, 0) is 22.4 Å². The minimum Gasteiger partial charge on any atom is -0.463 e. The monoisotopic (exact) mass is 508 g/mol. The minimum absolute atomic E-state index is 0.140. The minimum atomic E-state index is -0.250. The number of nitrogens with zero attached hydrogens (tertiary/aromatic N) is 4. The van der Waals surface area contributed by atoms with Crippen molar-refractivity contribution in [2.24, 2.45) is 0 Å². The van der Waals surface area contributed by atoms with Gasteiger partial charge in [0.05, 0.1) is 18.2 Å². The highest BCUT2D eigenvalue weighted by atomic mass is 16.5. The molecule has 38 heavy (non-hydrogen) atoms. The molecule has 0 bridgehead atoms. The van der Waals surface area contributed by atoms with Gasteiger partial charge in [0.15, 0.2) is 0 Å². The molecule has 1 aromatic heterocycles. The summed E-state index contributed by atoms with van der Waals surface area (Å²) in [6.45, 7) is 5.14. The van der Waals surface area contributed by atoms with Gasteiger partial charge >= 0.3 is 5.97 Å². The van der Waals surface area contributed by atoms with E-state index in [0.717, 1.165) is 46.5 Å². The molecule has 0 amide bonds. The lowest BCUT2D eigenvalue weighted by Crippen LogP contribution is -2.40. The zero-order valence-corrected chi connectivity index (χ0v) is 21.7. The lowest BCUT2D eigenvalue weighted by atomic mass is 9.95. The number of rotatable bonds is 10. The summed E-state index contributed by atoms with van der Waals surface area (Å²) in [6, 6.07) is 26.6. The van der Waals surface area contributed by atoms with Gasteiger partial charge in [-0.15, -0.1) is 10.2 Å². The SMILES string of the molecule is CCCN1NC(Cc2ccccc2)C(C(=O)OCC)=C1Cc1ccc(-c2ccccc2-c2nn[nH]n2)cc1. The van der Waals surface area contributed by atoms with E-state index in [1.165, 1.54) is 5.56 Å². The smallest absolute Gasteiger partial charge is 0.337 e. The molecule has 0 saturated carbocycles. The van der Waals surface area contributed by atoms with Gasteiger partial charge in [-0.25, -0.2) is 10.2 Å². The molecule has 1 atom stereocenters. The highest BCUT2D eigenvalue weighted by molar-refractivity contribution is 5.91. The van der Waals surface area contributed by atoms with Crippen molar-refractivity contribution in [3.63, 3.8) is 0 Å². The van der Waals surface area contributed by atoms with Crippen LogP contribution in [0.15, 0.2) is 90.1 Å². The molecule has 1 unspecified atom stereocenters. The van der Waals surface area contributed by atoms with Crippen molar-refractivity contribution in [2.45, 2.75) is 39.2 Å². The van der Waals surface area contributed by atoms with Gasteiger partial charge in [0.1, 0.15) is 0 Å². The van der Waals surface area contributed by atoms with Gasteiger partial charge in [0.2, 0.25) is 5.82 Å². The van der Waals surface area contributed by atoms with Gasteiger partial charge in [-0.1, -0.05) is 85.8 Å². The van der Waals surface area contributed by atoms with Crippen LogP contribution < -0.4 is 5.43 Å². The highest BCUT2D eigenvalue weighted by Gasteiger charge is 2.35. The van der Waals surface area contributed by atoms with Gasteiger partial charge < -0.3 is 9.75 Å². The van der Waals surface area contributed by atoms with Crippen LogP contribution in [0.2, 0.25) is 0 Å². The first-order valence-corrected chi connectivity index (χ1v) is 13.1. The number of carbonyl (C=O) groups is 1. The summed E-state index contributed by atoms with van der Waals surface area (Å²) in [6.07, 6.45) is 2.29. The molecule has 8 heteroatoms. The summed E-state index contributed by atoms with van der Waals surface area (Å²) in [5.41, 5.74) is 10.6. The number of hydrazine groups is 1. The number of H-pyrrole nitrogens is 1. The van der Waals surface area contributed by atoms with E-state index in [4.69, 9.17) is 4.74 Å². The number of esters is 1. The van der Waals surface area contributed by atoms with E-state index in [1.54, 1.807) is 0 Å². The molecular formula is C30H32N6O2. The number of hydrogen-bond donors (Lipinski definition) is 2. The normalized spacial score (nSPS) is 15.2. The largest absolute Gasteiger partial charge is 0.463 e. The molecule has 1 aliphatic rings. The highest BCUT2D eigenvalue weighted by Crippen LogP contribution is 2.32. The zero-order valence-electron chi connectivity index (χ0n) is 21.7. The number of carbonyl (C=O) groups excluding carboxylic acids is 1. The van der Waals surface area contributed by atoms with E-state index in [0.29, 0.717) is 25.3 Å². The topological polar surface area (TPSA) is 96.0 Å². The summed E-state index contributed by atoms with van der Waals surface area (Å²) < 4.78 is 5.53. The molecule has 3 aromatic carbocycles.